The maximum absolute atomic E-state index is 13.2. The van der Waals surface area contributed by atoms with Gasteiger partial charge in [0.25, 0.3) is 5.91 Å². The van der Waals surface area contributed by atoms with Crippen LogP contribution < -0.4 is 0 Å². The third-order valence-corrected chi connectivity index (χ3v) is 5.62. The summed E-state index contributed by atoms with van der Waals surface area (Å²) in [7, 11) is 0. The molecule has 1 amide bonds. The number of hydrogen-bond donors (Lipinski definition) is 0. The third kappa shape index (κ3) is 2.04. The molecule has 2 aliphatic carbocycles. The third-order valence-electron chi connectivity index (χ3n) is 5.62. The molecule has 5 rings (SSSR count). The monoisotopic (exact) mass is 319 g/mol. The average Bonchev–Trinajstić information content (AvgIpc) is 3.53. The van der Waals surface area contributed by atoms with Crippen LogP contribution in [0.2, 0.25) is 0 Å². The van der Waals surface area contributed by atoms with Gasteiger partial charge in [-0.3, -0.25) is 9.63 Å². The standard InChI is InChI=1S/C21H21NO2/c23-20-21(17-11-12-17,18-13-14-18)24-22(20)19(15-7-3-1-4-8-15)16-9-5-2-6-10-16/h1-10,17-19H,11-14H2. The minimum Gasteiger partial charge on any atom is -0.269 e. The van der Waals surface area contributed by atoms with E-state index in [2.05, 4.69) is 24.3 Å². The lowest BCUT2D eigenvalue weighted by Gasteiger charge is -2.51. The molecule has 24 heavy (non-hydrogen) atoms. The van der Waals surface area contributed by atoms with Crippen LogP contribution in [0.1, 0.15) is 42.9 Å². The van der Waals surface area contributed by atoms with Crippen molar-refractivity contribution in [2.75, 3.05) is 0 Å². The van der Waals surface area contributed by atoms with Gasteiger partial charge >= 0.3 is 0 Å². The van der Waals surface area contributed by atoms with Crippen LogP contribution >= 0.6 is 0 Å². The minimum atomic E-state index is -0.498. The Kier molecular flexibility index (Phi) is 3.07. The topological polar surface area (TPSA) is 29.5 Å². The van der Waals surface area contributed by atoms with Crippen LogP contribution in [-0.4, -0.2) is 16.6 Å². The molecule has 3 fully saturated rings. The number of benzene rings is 2. The van der Waals surface area contributed by atoms with Crippen LogP contribution in [0, 0.1) is 11.8 Å². The van der Waals surface area contributed by atoms with Gasteiger partial charge in [0.05, 0.1) is 0 Å². The van der Waals surface area contributed by atoms with E-state index < -0.39 is 5.60 Å². The van der Waals surface area contributed by atoms with Gasteiger partial charge in [0, 0.05) is 11.8 Å². The summed E-state index contributed by atoms with van der Waals surface area (Å²) in [6.45, 7) is 0. The van der Waals surface area contributed by atoms with Crippen LogP contribution in [0.5, 0.6) is 0 Å². The second-order valence-corrected chi connectivity index (χ2v) is 7.29. The van der Waals surface area contributed by atoms with Crippen LogP contribution in [0.25, 0.3) is 0 Å². The summed E-state index contributed by atoms with van der Waals surface area (Å²) in [5.74, 6) is 1.09. The normalized spacial score (nSPS) is 22.5. The van der Waals surface area contributed by atoms with Crippen molar-refractivity contribution in [3.05, 3.63) is 71.8 Å². The van der Waals surface area contributed by atoms with Crippen molar-refractivity contribution < 1.29 is 9.63 Å². The highest BCUT2D eigenvalue weighted by Crippen LogP contribution is 2.60. The molecular weight excluding hydrogens is 298 g/mol. The molecule has 0 aromatic heterocycles. The first kappa shape index (κ1) is 14.2. The molecule has 0 atom stereocenters. The fourth-order valence-electron chi connectivity index (χ4n) is 4.14. The molecule has 0 radical (unpaired) electrons. The lowest BCUT2D eigenvalue weighted by atomic mass is 9.86. The van der Waals surface area contributed by atoms with E-state index in [0.29, 0.717) is 11.8 Å². The molecule has 0 spiro atoms. The van der Waals surface area contributed by atoms with E-state index in [1.807, 2.05) is 36.4 Å². The van der Waals surface area contributed by atoms with Crippen molar-refractivity contribution in [2.24, 2.45) is 11.8 Å². The smallest absolute Gasteiger partial charge is 0.269 e. The largest absolute Gasteiger partial charge is 0.282 e. The van der Waals surface area contributed by atoms with E-state index in [9.17, 15) is 4.79 Å². The van der Waals surface area contributed by atoms with E-state index in [4.69, 9.17) is 4.84 Å². The van der Waals surface area contributed by atoms with Crippen molar-refractivity contribution in [3.8, 4) is 0 Å². The second kappa shape index (κ2) is 5.18. The van der Waals surface area contributed by atoms with E-state index >= 15 is 0 Å². The number of carbonyl (C=O) groups excluding carboxylic acids is 1. The summed E-state index contributed by atoms with van der Waals surface area (Å²) in [6, 6.07) is 20.2. The lowest BCUT2D eigenvalue weighted by molar-refractivity contribution is -0.331. The predicted molar refractivity (Wildman–Crippen MR) is 90.8 cm³/mol. The van der Waals surface area contributed by atoms with Gasteiger partial charge in [-0.25, -0.2) is 5.06 Å². The minimum absolute atomic E-state index is 0.162. The van der Waals surface area contributed by atoms with Crippen molar-refractivity contribution in [2.45, 2.75) is 37.3 Å². The molecule has 1 heterocycles. The van der Waals surface area contributed by atoms with Gasteiger partial charge in [0.1, 0.15) is 6.04 Å². The molecule has 2 aromatic carbocycles. The van der Waals surface area contributed by atoms with Crippen LogP contribution in [-0.2, 0) is 9.63 Å². The first-order chi connectivity index (χ1) is 11.8. The summed E-state index contributed by atoms with van der Waals surface area (Å²) >= 11 is 0. The van der Waals surface area contributed by atoms with E-state index in [1.54, 1.807) is 5.06 Å². The van der Waals surface area contributed by atoms with E-state index in [-0.39, 0.29) is 11.9 Å². The molecule has 0 bridgehead atoms. The molecule has 3 heteroatoms. The van der Waals surface area contributed by atoms with Gasteiger partial charge < -0.3 is 0 Å². The average molecular weight is 319 g/mol. The highest BCUT2D eigenvalue weighted by molar-refractivity contribution is 5.90. The van der Waals surface area contributed by atoms with Gasteiger partial charge in [-0.15, -0.1) is 0 Å². The quantitative estimate of drug-likeness (QED) is 0.830. The summed E-state index contributed by atoms with van der Waals surface area (Å²) in [4.78, 5) is 19.6. The van der Waals surface area contributed by atoms with Crippen LogP contribution in [0.3, 0.4) is 0 Å². The fourth-order valence-corrected chi connectivity index (χ4v) is 4.14. The maximum atomic E-state index is 13.2. The molecular formula is C21H21NO2. The molecule has 0 unspecified atom stereocenters. The molecule has 122 valence electrons. The van der Waals surface area contributed by atoms with Gasteiger partial charge in [-0.1, -0.05) is 60.7 Å². The summed E-state index contributed by atoms with van der Waals surface area (Å²) in [6.07, 6.45) is 4.55. The Morgan fingerprint density at radius 1 is 0.833 bits per heavy atom. The Balaban J connectivity index is 1.51. The fraction of sp³-hybridized carbons (Fsp3) is 0.381. The van der Waals surface area contributed by atoms with Gasteiger partial charge in [-0.2, -0.15) is 0 Å². The number of amides is 1. The molecule has 3 aliphatic rings. The molecule has 2 aromatic rings. The lowest BCUT2D eigenvalue weighted by Crippen LogP contribution is -2.67. The number of rotatable bonds is 5. The zero-order chi connectivity index (χ0) is 16.1. The van der Waals surface area contributed by atoms with Crippen molar-refractivity contribution in [1.82, 2.24) is 5.06 Å². The highest BCUT2D eigenvalue weighted by atomic mass is 16.8. The Bertz CT molecular complexity index is 698. The number of hydroxylamine groups is 2. The second-order valence-electron chi connectivity index (χ2n) is 7.29. The molecule has 1 aliphatic heterocycles. The SMILES string of the molecule is O=C1N(C(c2ccccc2)c2ccccc2)OC1(C1CC1)C1CC1. The Labute approximate surface area is 142 Å². The van der Waals surface area contributed by atoms with Crippen LogP contribution in [0.15, 0.2) is 60.7 Å². The number of hydrogen-bond acceptors (Lipinski definition) is 2. The summed E-state index contributed by atoms with van der Waals surface area (Å²) < 4.78 is 0. The van der Waals surface area contributed by atoms with Gasteiger partial charge in [0.2, 0.25) is 0 Å². The summed E-state index contributed by atoms with van der Waals surface area (Å²) in [5, 5.41) is 1.64. The maximum Gasteiger partial charge on any atom is 0.282 e. The molecule has 2 saturated carbocycles. The van der Waals surface area contributed by atoms with E-state index in [1.165, 1.54) is 0 Å². The Morgan fingerprint density at radius 2 is 1.29 bits per heavy atom. The van der Waals surface area contributed by atoms with Gasteiger partial charge in [-0.05, 0) is 36.8 Å². The summed E-state index contributed by atoms with van der Waals surface area (Å²) in [5.41, 5.74) is 1.69. The highest BCUT2D eigenvalue weighted by Gasteiger charge is 2.70. The van der Waals surface area contributed by atoms with Crippen molar-refractivity contribution in [1.29, 1.82) is 0 Å². The molecule has 1 saturated heterocycles. The number of nitrogens with zero attached hydrogens (tertiary/aromatic N) is 1. The predicted octanol–water partition coefficient (Wildman–Crippen LogP) is 4.11. The first-order valence-electron chi connectivity index (χ1n) is 8.93. The zero-order valence-corrected chi connectivity index (χ0v) is 13.6. The molecule has 3 nitrogen and oxygen atoms in total. The van der Waals surface area contributed by atoms with Crippen molar-refractivity contribution in [3.63, 3.8) is 0 Å². The van der Waals surface area contributed by atoms with E-state index in [0.717, 1.165) is 36.8 Å². The Hall–Kier alpha value is -2.13. The first-order valence-corrected chi connectivity index (χ1v) is 8.93. The zero-order valence-electron chi connectivity index (χ0n) is 13.6. The van der Waals surface area contributed by atoms with Crippen LogP contribution in [0.4, 0.5) is 0 Å². The molecule has 0 N–H and O–H groups in total. The number of carbonyl (C=O) groups is 1. The van der Waals surface area contributed by atoms with Crippen molar-refractivity contribution >= 4 is 5.91 Å². The van der Waals surface area contributed by atoms with Gasteiger partial charge in [0.15, 0.2) is 5.60 Å². The Morgan fingerprint density at radius 3 is 1.67 bits per heavy atom.